The van der Waals surface area contributed by atoms with Crippen LogP contribution in [0.1, 0.15) is 33.6 Å². The number of Topliss-reactive ketones (excluding diaryl/α,β-unsaturated/α-hetero) is 1. The highest BCUT2D eigenvalue weighted by Crippen LogP contribution is 2.27. The second-order valence-electron chi connectivity index (χ2n) is 6.73. The zero-order valence-corrected chi connectivity index (χ0v) is 14.7. The fourth-order valence-electron chi connectivity index (χ4n) is 3.73. The fourth-order valence-corrected chi connectivity index (χ4v) is 4.67. The number of para-hydroxylation sites is 1. The van der Waals surface area contributed by atoms with Crippen LogP contribution in [0.3, 0.4) is 0 Å². The molecule has 3 nitrogen and oxygen atoms in total. The maximum Gasteiger partial charge on any atom is 0.177 e. The smallest absolute Gasteiger partial charge is 0.177 e. The quantitative estimate of drug-likeness (QED) is 0.704. The number of benzene rings is 1. The van der Waals surface area contributed by atoms with Crippen LogP contribution in [0, 0.1) is 12.8 Å². The number of likely N-dealkylation sites (tertiary alicyclic amines) is 1. The third kappa shape index (κ3) is 2.92. The maximum absolute atomic E-state index is 12.8. The highest BCUT2D eigenvalue weighted by Gasteiger charge is 2.28. The Hall–Kier alpha value is -1.91. The van der Waals surface area contributed by atoms with Gasteiger partial charge in [0.05, 0.1) is 4.88 Å². The van der Waals surface area contributed by atoms with Gasteiger partial charge in [-0.25, -0.2) is 0 Å². The molecular weight excluding hydrogens is 316 g/mol. The lowest BCUT2D eigenvalue weighted by Gasteiger charge is -2.31. The van der Waals surface area contributed by atoms with Gasteiger partial charge < -0.3 is 4.98 Å². The number of ketones is 1. The molecule has 1 aromatic carbocycles. The van der Waals surface area contributed by atoms with Crippen molar-refractivity contribution in [3.8, 4) is 0 Å². The van der Waals surface area contributed by atoms with E-state index in [4.69, 9.17) is 0 Å². The van der Waals surface area contributed by atoms with Crippen LogP contribution in [0.5, 0.6) is 0 Å². The van der Waals surface area contributed by atoms with Crippen molar-refractivity contribution in [3.63, 3.8) is 0 Å². The Balaban J connectivity index is 1.49. The number of nitrogens with one attached hydrogen (secondary N) is 1. The lowest BCUT2D eigenvalue weighted by atomic mass is 9.92. The summed E-state index contributed by atoms with van der Waals surface area (Å²) in [6.45, 7) is 4.90. The minimum Gasteiger partial charge on any atom is -0.361 e. The topological polar surface area (TPSA) is 36.1 Å². The van der Waals surface area contributed by atoms with Crippen LogP contribution in [0.2, 0.25) is 0 Å². The van der Waals surface area contributed by atoms with Gasteiger partial charge in [0.1, 0.15) is 0 Å². The van der Waals surface area contributed by atoms with Crippen molar-refractivity contribution in [2.75, 3.05) is 13.1 Å². The van der Waals surface area contributed by atoms with E-state index < -0.39 is 0 Å². The molecule has 0 aliphatic carbocycles. The Morgan fingerprint density at radius 2 is 2.21 bits per heavy atom. The zero-order valence-electron chi connectivity index (χ0n) is 13.9. The van der Waals surface area contributed by atoms with Crippen molar-refractivity contribution in [2.45, 2.75) is 26.3 Å². The predicted octanol–water partition coefficient (Wildman–Crippen LogP) is 4.63. The lowest BCUT2D eigenvalue weighted by Crippen LogP contribution is -2.38. The molecule has 1 aliphatic heterocycles. The lowest BCUT2D eigenvalue weighted by molar-refractivity contribution is 0.0816. The van der Waals surface area contributed by atoms with E-state index in [2.05, 4.69) is 40.3 Å². The molecule has 1 aliphatic rings. The number of aromatic amines is 1. The summed E-state index contributed by atoms with van der Waals surface area (Å²) in [5.74, 6) is 0.479. The van der Waals surface area contributed by atoms with Crippen LogP contribution in [-0.4, -0.2) is 28.8 Å². The molecule has 24 heavy (non-hydrogen) atoms. The van der Waals surface area contributed by atoms with E-state index in [-0.39, 0.29) is 5.92 Å². The number of piperidine rings is 1. The number of rotatable bonds is 4. The number of hydrogen-bond acceptors (Lipinski definition) is 3. The summed E-state index contributed by atoms with van der Waals surface area (Å²) >= 11 is 1.59. The largest absolute Gasteiger partial charge is 0.361 e. The second-order valence-corrected chi connectivity index (χ2v) is 7.65. The highest BCUT2D eigenvalue weighted by molar-refractivity contribution is 7.12. The predicted molar refractivity (Wildman–Crippen MR) is 99.7 cm³/mol. The van der Waals surface area contributed by atoms with E-state index in [1.165, 1.54) is 16.5 Å². The molecule has 0 amide bonds. The molecule has 0 radical (unpaired) electrons. The van der Waals surface area contributed by atoms with Crippen molar-refractivity contribution in [1.82, 2.24) is 9.88 Å². The van der Waals surface area contributed by atoms with Crippen LogP contribution in [0.4, 0.5) is 0 Å². The molecule has 0 saturated carbocycles. The molecule has 1 atom stereocenters. The molecule has 0 bridgehead atoms. The number of carbonyl (C=O) groups is 1. The number of aryl methyl sites for hydroxylation is 1. The van der Waals surface area contributed by atoms with Crippen LogP contribution in [-0.2, 0) is 6.54 Å². The second kappa shape index (κ2) is 6.54. The van der Waals surface area contributed by atoms with E-state index in [1.54, 1.807) is 11.3 Å². The Bertz CT molecular complexity index is 863. The summed E-state index contributed by atoms with van der Waals surface area (Å²) < 4.78 is 0. The summed E-state index contributed by atoms with van der Waals surface area (Å²) in [6, 6.07) is 10.5. The van der Waals surface area contributed by atoms with Crippen molar-refractivity contribution in [2.24, 2.45) is 5.92 Å². The van der Waals surface area contributed by atoms with Crippen LogP contribution < -0.4 is 0 Å². The molecule has 3 aromatic rings. The van der Waals surface area contributed by atoms with Gasteiger partial charge in [0.15, 0.2) is 5.78 Å². The van der Waals surface area contributed by atoms with Crippen LogP contribution in [0.25, 0.3) is 10.9 Å². The standard InChI is InChI=1S/C20H22N2OS/c1-14-8-10-24-20(14)19(23)15-5-4-9-22(12-15)13-16-11-21-18-7-3-2-6-17(16)18/h2-3,6-8,10-11,15,21H,4-5,9,12-13H2,1H3/t15-/m1/s1. The van der Waals surface area contributed by atoms with E-state index in [9.17, 15) is 4.79 Å². The molecule has 1 fully saturated rings. The Morgan fingerprint density at radius 1 is 1.33 bits per heavy atom. The van der Waals surface area contributed by atoms with E-state index in [1.807, 2.05) is 18.4 Å². The average Bonchev–Trinajstić information content (AvgIpc) is 3.21. The summed E-state index contributed by atoms with van der Waals surface area (Å²) in [6.07, 6.45) is 4.23. The first kappa shape index (κ1) is 15.6. The van der Waals surface area contributed by atoms with E-state index >= 15 is 0 Å². The third-order valence-corrected chi connectivity index (χ3v) is 6.06. The first-order chi connectivity index (χ1) is 11.7. The SMILES string of the molecule is Cc1ccsc1C(=O)[C@@H]1CCCN(Cc2c[nH]c3ccccc23)C1. The molecule has 0 unspecified atom stereocenters. The summed E-state index contributed by atoms with van der Waals surface area (Å²) in [4.78, 5) is 19.6. The number of hydrogen-bond donors (Lipinski definition) is 1. The number of carbonyl (C=O) groups excluding carboxylic acids is 1. The van der Waals surface area contributed by atoms with Gasteiger partial charge in [-0.05, 0) is 54.9 Å². The third-order valence-electron chi connectivity index (χ3n) is 5.03. The number of aromatic nitrogens is 1. The normalized spacial score (nSPS) is 19.0. The molecule has 1 N–H and O–H groups in total. The Kier molecular flexibility index (Phi) is 4.25. The van der Waals surface area contributed by atoms with E-state index in [0.717, 1.165) is 42.9 Å². The minimum absolute atomic E-state index is 0.140. The van der Waals surface area contributed by atoms with Gasteiger partial charge in [-0.2, -0.15) is 0 Å². The van der Waals surface area contributed by atoms with Crippen LogP contribution >= 0.6 is 11.3 Å². The molecule has 1 saturated heterocycles. The number of thiophene rings is 1. The number of nitrogens with zero attached hydrogens (tertiary/aromatic N) is 1. The number of fused-ring (bicyclic) bond motifs is 1. The van der Waals surface area contributed by atoms with E-state index in [0.29, 0.717) is 5.78 Å². The van der Waals surface area contributed by atoms with Crippen molar-refractivity contribution >= 4 is 28.0 Å². The fraction of sp³-hybridized carbons (Fsp3) is 0.350. The van der Waals surface area contributed by atoms with Crippen molar-refractivity contribution in [3.05, 3.63) is 57.9 Å². The van der Waals surface area contributed by atoms with Crippen molar-refractivity contribution < 1.29 is 4.79 Å². The van der Waals surface area contributed by atoms with Gasteiger partial charge >= 0.3 is 0 Å². The molecule has 4 heteroatoms. The van der Waals surface area contributed by atoms with Crippen molar-refractivity contribution in [1.29, 1.82) is 0 Å². The number of H-pyrrole nitrogens is 1. The van der Waals surface area contributed by atoms with Gasteiger partial charge in [-0.3, -0.25) is 9.69 Å². The first-order valence-corrected chi connectivity index (χ1v) is 9.46. The highest BCUT2D eigenvalue weighted by atomic mass is 32.1. The average molecular weight is 338 g/mol. The first-order valence-electron chi connectivity index (χ1n) is 8.58. The van der Waals surface area contributed by atoms with Gasteiger partial charge in [0.25, 0.3) is 0 Å². The Morgan fingerprint density at radius 3 is 3.04 bits per heavy atom. The zero-order chi connectivity index (χ0) is 16.5. The van der Waals surface area contributed by atoms with Gasteiger partial charge in [0, 0.05) is 36.1 Å². The summed E-state index contributed by atoms with van der Waals surface area (Å²) in [5, 5.41) is 3.31. The molecule has 3 heterocycles. The molecule has 0 spiro atoms. The summed E-state index contributed by atoms with van der Waals surface area (Å²) in [7, 11) is 0. The molecule has 4 rings (SSSR count). The van der Waals surface area contributed by atoms with Gasteiger partial charge in [-0.15, -0.1) is 11.3 Å². The summed E-state index contributed by atoms with van der Waals surface area (Å²) in [5.41, 5.74) is 3.64. The minimum atomic E-state index is 0.140. The molecular formula is C20H22N2OS. The van der Waals surface area contributed by atoms with Crippen LogP contribution in [0.15, 0.2) is 41.9 Å². The van der Waals surface area contributed by atoms with Gasteiger partial charge in [0.2, 0.25) is 0 Å². The molecule has 2 aromatic heterocycles. The Labute approximate surface area is 146 Å². The van der Waals surface area contributed by atoms with Gasteiger partial charge in [-0.1, -0.05) is 18.2 Å². The molecule has 124 valence electrons. The maximum atomic E-state index is 12.8. The monoisotopic (exact) mass is 338 g/mol.